The predicted octanol–water partition coefficient (Wildman–Crippen LogP) is 0.124. The van der Waals surface area contributed by atoms with E-state index < -0.39 is 12.2 Å². The van der Waals surface area contributed by atoms with Gasteiger partial charge >= 0.3 is 5.97 Å². The number of carbonyl (C=O) groups excluding carboxylic acids is 1. The average Bonchev–Trinajstić information content (AvgIpc) is 2.78. The second-order valence-corrected chi connectivity index (χ2v) is 3.33. The summed E-state index contributed by atoms with van der Waals surface area (Å²) in [5, 5.41) is 3.96. The molecule has 0 aliphatic carbocycles. The van der Waals surface area contributed by atoms with Gasteiger partial charge in [0, 0.05) is 18.6 Å². The smallest absolute Gasteiger partial charge is 0.342 e. The Labute approximate surface area is 97.2 Å². The zero-order valence-corrected chi connectivity index (χ0v) is 9.15. The van der Waals surface area contributed by atoms with E-state index in [0.717, 1.165) is 0 Å². The Morgan fingerprint density at radius 1 is 1.47 bits per heavy atom. The third-order valence-corrected chi connectivity index (χ3v) is 1.87. The van der Waals surface area contributed by atoms with Gasteiger partial charge in [0.05, 0.1) is 11.8 Å². The second kappa shape index (κ2) is 4.71. The molecule has 2 rings (SSSR count). The van der Waals surface area contributed by atoms with Gasteiger partial charge in [0.2, 0.25) is 5.95 Å². The van der Waals surface area contributed by atoms with Gasteiger partial charge in [-0.3, -0.25) is 5.73 Å². The number of nitrogens with zero attached hydrogens (tertiary/aromatic N) is 4. The lowest BCUT2D eigenvalue weighted by Crippen LogP contribution is -2.23. The molecule has 0 aromatic carbocycles. The van der Waals surface area contributed by atoms with Crippen molar-refractivity contribution in [3.63, 3.8) is 0 Å². The number of hydrogen-bond acceptors (Lipinski definition) is 6. The molecule has 0 aliphatic heterocycles. The van der Waals surface area contributed by atoms with Crippen LogP contribution >= 0.6 is 0 Å². The minimum absolute atomic E-state index is 0.301. The van der Waals surface area contributed by atoms with E-state index in [1.165, 1.54) is 17.1 Å². The third-order valence-electron chi connectivity index (χ3n) is 1.87. The Morgan fingerprint density at radius 2 is 2.18 bits per heavy atom. The number of ether oxygens (including phenoxy) is 1. The van der Waals surface area contributed by atoms with E-state index in [-0.39, 0.29) is 0 Å². The SMILES string of the molecule is CC(N)OC(=O)c1cnn(-c2ncccn2)c1. The quantitative estimate of drug-likeness (QED) is 0.597. The van der Waals surface area contributed by atoms with Crippen LogP contribution in [0, 0.1) is 0 Å². The van der Waals surface area contributed by atoms with Crippen LogP contribution in [0.25, 0.3) is 5.95 Å². The van der Waals surface area contributed by atoms with Crippen molar-refractivity contribution >= 4 is 5.97 Å². The van der Waals surface area contributed by atoms with Gasteiger partial charge in [0.15, 0.2) is 0 Å². The highest BCUT2D eigenvalue weighted by Gasteiger charge is 2.12. The molecule has 1 atom stereocenters. The third kappa shape index (κ3) is 2.64. The second-order valence-electron chi connectivity index (χ2n) is 3.33. The zero-order valence-electron chi connectivity index (χ0n) is 9.15. The summed E-state index contributed by atoms with van der Waals surface area (Å²) >= 11 is 0. The Bertz CT molecular complexity index is 508. The Kier molecular flexibility index (Phi) is 3.10. The normalized spacial score (nSPS) is 12.1. The molecule has 0 fully saturated rings. The van der Waals surface area contributed by atoms with Gasteiger partial charge < -0.3 is 4.74 Å². The molecule has 17 heavy (non-hydrogen) atoms. The van der Waals surface area contributed by atoms with Crippen LogP contribution in [0.2, 0.25) is 0 Å². The van der Waals surface area contributed by atoms with Crippen molar-refractivity contribution < 1.29 is 9.53 Å². The van der Waals surface area contributed by atoms with Crippen molar-refractivity contribution in [2.45, 2.75) is 13.2 Å². The molecule has 2 N–H and O–H groups in total. The van der Waals surface area contributed by atoms with E-state index in [4.69, 9.17) is 10.5 Å². The van der Waals surface area contributed by atoms with Gasteiger partial charge in [0.1, 0.15) is 6.23 Å². The standard InChI is InChI=1S/C10H11N5O2/c1-7(11)17-9(16)8-5-14-15(6-8)10-12-3-2-4-13-10/h2-7H,11H2,1H3. The summed E-state index contributed by atoms with van der Waals surface area (Å²) in [7, 11) is 0. The van der Waals surface area contributed by atoms with E-state index in [1.54, 1.807) is 25.4 Å². The molecule has 0 saturated carbocycles. The van der Waals surface area contributed by atoms with Gasteiger partial charge in [-0.2, -0.15) is 5.10 Å². The van der Waals surface area contributed by atoms with Crippen LogP contribution in [0.4, 0.5) is 0 Å². The first-order valence-corrected chi connectivity index (χ1v) is 4.95. The van der Waals surface area contributed by atoms with Crippen LogP contribution in [0.1, 0.15) is 17.3 Å². The highest BCUT2D eigenvalue weighted by molar-refractivity contribution is 5.88. The summed E-state index contributed by atoms with van der Waals surface area (Å²) in [5.74, 6) is -0.144. The lowest BCUT2D eigenvalue weighted by atomic mass is 10.4. The summed E-state index contributed by atoms with van der Waals surface area (Å²) < 4.78 is 6.22. The molecule has 0 bridgehead atoms. The molecular formula is C10H11N5O2. The topological polar surface area (TPSA) is 95.9 Å². The molecule has 0 spiro atoms. The van der Waals surface area contributed by atoms with Gasteiger partial charge in [-0.25, -0.2) is 19.4 Å². The first-order chi connectivity index (χ1) is 8.16. The number of carbonyl (C=O) groups is 1. The van der Waals surface area contributed by atoms with E-state index >= 15 is 0 Å². The largest absolute Gasteiger partial charge is 0.443 e. The summed E-state index contributed by atoms with van der Waals surface area (Å²) in [5.41, 5.74) is 5.65. The molecule has 2 aromatic heterocycles. The number of hydrogen-bond donors (Lipinski definition) is 1. The molecule has 7 nitrogen and oxygen atoms in total. The van der Waals surface area contributed by atoms with Crippen molar-refractivity contribution in [3.05, 3.63) is 36.4 Å². The van der Waals surface area contributed by atoms with E-state index in [9.17, 15) is 4.79 Å². The number of esters is 1. The maximum Gasteiger partial charge on any atom is 0.342 e. The first kappa shape index (κ1) is 11.2. The van der Waals surface area contributed by atoms with Crippen molar-refractivity contribution in [1.29, 1.82) is 0 Å². The highest BCUT2D eigenvalue weighted by atomic mass is 16.6. The first-order valence-electron chi connectivity index (χ1n) is 4.95. The molecular weight excluding hydrogens is 222 g/mol. The van der Waals surface area contributed by atoms with Crippen LogP contribution < -0.4 is 5.73 Å². The summed E-state index contributed by atoms with van der Waals surface area (Å²) in [6.45, 7) is 1.57. The zero-order chi connectivity index (χ0) is 12.3. The summed E-state index contributed by atoms with van der Waals surface area (Å²) in [6.07, 6.45) is 5.38. The van der Waals surface area contributed by atoms with Crippen molar-refractivity contribution in [1.82, 2.24) is 19.7 Å². The number of nitrogens with two attached hydrogens (primary N) is 1. The molecule has 88 valence electrons. The molecule has 7 heteroatoms. The van der Waals surface area contributed by atoms with Gasteiger partial charge in [-0.1, -0.05) is 0 Å². The van der Waals surface area contributed by atoms with Crippen LogP contribution in [0.5, 0.6) is 0 Å². The van der Waals surface area contributed by atoms with Crippen molar-refractivity contribution in [2.24, 2.45) is 5.73 Å². The monoisotopic (exact) mass is 233 g/mol. The van der Waals surface area contributed by atoms with E-state index in [1.807, 2.05) is 0 Å². The van der Waals surface area contributed by atoms with Crippen LogP contribution in [0.3, 0.4) is 0 Å². The van der Waals surface area contributed by atoms with E-state index in [0.29, 0.717) is 11.5 Å². The van der Waals surface area contributed by atoms with Crippen LogP contribution in [0.15, 0.2) is 30.9 Å². The lowest BCUT2D eigenvalue weighted by molar-refractivity contribution is 0.0355. The summed E-state index contributed by atoms with van der Waals surface area (Å²) in [4.78, 5) is 19.5. The van der Waals surface area contributed by atoms with Gasteiger partial charge in [0.25, 0.3) is 0 Å². The Balaban J connectivity index is 2.19. The minimum Gasteiger partial charge on any atom is -0.443 e. The van der Waals surface area contributed by atoms with Gasteiger partial charge in [-0.05, 0) is 13.0 Å². The number of rotatable bonds is 3. The van der Waals surface area contributed by atoms with Crippen molar-refractivity contribution in [3.8, 4) is 5.95 Å². The average molecular weight is 233 g/mol. The predicted molar refractivity (Wildman–Crippen MR) is 58.2 cm³/mol. The highest BCUT2D eigenvalue weighted by Crippen LogP contribution is 2.04. The molecule has 0 saturated heterocycles. The molecule has 0 aliphatic rings. The fourth-order valence-electron chi connectivity index (χ4n) is 1.18. The Morgan fingerprint density at radius 3 is 2.82 bits per heavy atom. The molecule has 0 amide bonds. The van der Waals surface area contributed by atoms with Crippen LogP contribution in [-0.2, 0) is 4.74 Å². The van der Waals surface area contributed by atoms with Crippen molar-refractivity contribution in [2.75, 3.05) is 0 Å². The van der Waals surface area contributed by atoms with E-state index in [2.05, 4.69) is 15.1 Å². The minimum atomic E-state index is -0.654. The van der Waals surface area contributed by atoms with Gasteiger partial charge in [-0.15, -0.1) is 0 Å². The summed E-state index contributed by atoms with van der Waals surface area (Å²) in [6, 6.07) is 1.69. The fourth-order valence-corrected chi connectivity index (χ4v) is 1.18. The fraction of sp³-hybridized carbons (Fsp3) is 0.200. The lowest BCUT2D eigenvalue weighted by Gasteiger charge is -2.05. The molecule has 2 heterocycles. The Hall–Kier alpha value is -2.28. The molecule has 0 radical (unpaired) electrons. The maximum absolute atomic E-state index is 11.5. The number of aromatic nitrogens is 4. The maximum atomic E-state index is 11.5. The van der Waals surface area contributed by atoms with Crippen LogP contribution in [-0.4, -0.2) is 31.9 Å². The molecule has 1 unspecified atom stereocenters. The molecule has 2 aromatic rings.